The number of carbonyl (C=O) groups is 2. The number of carbonyl (C=O) groups excluding carboxylic acids is 2. The molecule has 1 atom stereocenters. The first kappa shape index (κ1) is 31.4. The summed E-state index contributed by atoms with van der Waals surface area (Å²) in [5, 5.41) is 14.5. The van der Waals surface area contributed by atoms with Gasteiger partial charge in [0.25, 0.3) is 5.91 Å². The quantitative estimate of drug-likeness (QED) is 0.218. The molecule has 0 bridgehead atoms. The Morgan fingerprint density at radius 2 is 1.74 bits per heavy atom. The molecule has 1 unspecified atom stereocenters. The second-order valence-electron chi connectivity index (χ2n) is 11.9. The number of esters is 1. The average molecular weight is 633 g/mol. The topological polar surface area (TPSA) is 112 Å². The van der Waals surface area contributed by atoms with Gasteiger partial charge < -0.3 is 29.9 Å². The fourth-order valence-electron chi connectivity index (χ4n) is 6.05. The number of likely N-dealkylation sites (N-methyl/N-ethyl adjacent to an activating group) is 1. The van der Waals surface area contributed by atoms with Crippen molar-refractivity contribution in [3.8, 4) is 0 Å². The lowest BCUT2D eigenvalue weighted by Crippen LogP contribution is -2.44. The predicted molar refractivity (Wildman–Crippen MR) is 172 cm³/mol. The van der Waals surface area contributed by atoms with Crippen molar-refractivity contribution in [2.24, 2.45) is 0 Å². The lowest BCUT2D eigenvalue weighted by Gasteiger charge is -2.34. The Morgan fingerprint density at radius 3 is 2.46 bits per heavy atom. The van der Waals surface area contributed by atoms with Crippen LogP contribution in [0, 0.1) is 11.6 Å². The minimum absolute atomic E-state index is 0.121. The molecule has 0 saturated carbocycles. The summed E-state index contributed by atoms with van der Waals surface area (Å²) in [6.07, 6.45) is 1.69. The van der Waals surface area contributed by atoms with Crippen molar-refractivity contribution >= 4 is 40.0 Å². The third kappa shape index (κ3) is 7.29. The number of nitrogens with one attached hydrogen (secondary N) is 3. The van der Waals surface area contributed by atoms with Gasteiger partial charge in [-0.25, -0.2) is 8.78 Å². The maximum Gasteiger partial charge on any atom is 0.302 e. The number of anilines is 3. The van der Waals surface area contributed by atoms with Crippen LogP contribution < -0.4 is 15.5 Å². The summed E-state index contributed by atoms with van der Waals surface area (Å²) in [6.45, 7) is 6.23. The van der Waals surface area contributed by atoms with Gasteiger partial charge in [-0.3, -0.25) is 14.7 Å². The smallest absolute Gasteiger partial charge is 0.302 e. The van der Waals surface area contributed by atoms with Gasteiger partial charge in [-0.15, -0.1) is 0 Å². The van der Waals surface area contributed by atoms with Gasteiger partial charge in [0.2, 0.25) is 0 Å². The molecule has 6 rings (SSSR count). The van der Waals surface area contributed by atoms with E-state index in [9.17, 15) is 18.4 Å². The fraction of sp³-hybridized carbons (Fsp3) is 0.382. The van der Waals surface area contributed by atoms with E-state index < -0.39 is 23.5 Å². The van der Waals surface area contributed by atoms with Gasteiger partial charge in [0.15, 0.2) is 5.82 Å². The number of aromatic amines is 1. The molecule has 2 fully saturated rings. The van der Waals surface area contributed by atoms with Crippen molar-refractivity contribution < 1.29 is 27.8 Å². The van der Waals surface area contributed by atoms with Gasteiger partial charge in [0.05, 0.1) is 11.1 Å². The van der Waals surface area contributed by atoms with E-state index in [0.29, 0.717) is 46.6 Å². The Kier molecular flexibility index (Phi) is 9.46. The fourth-order valence-corrected chi connectivity index (χ4v) is 6.05. The van der Waals surface area contributed by atoms with Crippen LogP contribution in [-0.4, -0.2) is 86.1 Å². The highest BCUT2D eigenvalue weighted by atomic mass is 19.1. The molecule has 3 heterocycles. The Hall–Kier alpha value is -4.55. The van der Waals surface area contributed by atoms with Crippen LogP contribution in [0.3, 0.4) is 0 Å². The summed E-state index contributed by atoms with van der Waals surface area (Å²) in [7, 11) is 2.12. The number of amides is 1. The highest BCUT2D eigenvalue weighted by molar-refractivity contribution is 6.11. The van der Waals surface area contributed by atoms with Crippen LogP contribution in [0.2, 0.25) is 0 Å². The number of H-pyrrole nitrogens is 1. The molecule has 2 aliphatic rings. The first-order valence-electron chi connectivity index (χ1n) is 15.5. The summed E-state index contributed by atoms with van der Waals surface area (Å²) in [5.41, 5.74) is 3.89. The average Bonchev–Trinajstić information content (AvgIpc) is 3.43. The van der Waals surface area contributed by atoms with Gasteiger partial charge >= 0.3 is 5.97 Å². The monoisotopic (exact) mass is 632 g/mol. The highest BCUT2D eigenvalue weighted by Gasteiger charge is 2.23. The van der Waals surface area contributed by atoms with E-state index in [1.807, 2.05) is 18.2 Å². The minimum atomic E-state index is -0.732. The van der Waals surface area contributed by atoms with Crippen LogP contribution in [0.25, 0.3) is 10.9 Å². The molecule has 1 amide bonds. The molecular weight excluding hydrogens is 594 g/mol. The van der Waals surface area contributed by atoms with Crippen LogP contribution in [0.15, 0.2) is 54.6 Å². The Morgan fingerprint density at radius 1 is 1.00 bits per heavy atom. The van der Waals surface area contributed by atoms with E-state index in [-0.39, 0.29) is 18.6 Å². The highest BCUT2D eigenvalue weighted by Crippen LogP contribution is 2.32. The summed E-state index contributed by atoms with van der Waals surface area (Å²) >= 11 is 0. The largest absolute Gasteiger partial charge is 0.465 e. The Bertz CT molecular complexity index is 1700. The van der Waals surface area contributed by atoms with Crippen molar-refractivity contribution in [2.75, 3.05) is 68.6 Å². The number of halogens is 2. The molecule has 10 nitrogen and oxygen atoms in total. The SMILES string of the molecule is CC(=O)OCC(c1cc(F)cc(F)c1)c1ccc2[nH]nc(NC(=O)c3ccc(N4CCN(C)CC4)cc3NC3CCOCC3)c2c1. The third-order valence-corrected chi connectivity index (χ3v) is 8.66. The summed E-state index contributed by atoms with van der Waals surface area (Å²) < 4.78 is 39.2. The van der Waals surface area contributed by atoms with Crippen molar-refractivity contribution in [1.82, 2.24) is 15.1 Å². The number of fused-ring (bicyclic) bond motifs is 1. The zero-order chi connectivity index (χ0) is 32.2. The maximum absolute atomic E-state index is 14.2. The van der Waals surface area contributed by atoms with Crippen LogP contribution in [0.5, 0.6) is 0 Å². The summed E-state index contributed by atoms with van der Waals surface area (Å²) in [6, 6.07) is 14.6. The van der Waals surface area contributed by atoms with E-state index in [2.05, 4.69) is 37.7 Å². The van der Waals surface area contributed by atoms with Crippen LogP contribution >= 0.6 is 0 Å². The van der Waals surface area contributed by atoms with Crippen LogP contribution in [-0.2, 0) is 14.3 Å². The van der Waals surface area contributed by atoms with Gasteiger partial charge in [-0.2, -0.15) is 5.10 Å². The zero-order valence-electron chi connectivity index (χ0n) is 25.9. The number of nitrogens with zero attached hydrogens (tertiary/aromatic N) is 3. The van der Waals surface area contributed by atoms with Gasteiger partial charge in [-0.1, -0.05) is 6.07 Å². The van der Waals surface area contributed by atoms with E-state index in [1.54, 1.807) is 18.2 Å². The van der Waals surface area contributed by atoms with E-state index in [0.717, 1.165) is 56.5 Å². The van der Waals surface area contributed by atoms with Gasteiger partial charge in [0, 0.05) is 81.1 Å². The number of aromatic nitrogens is 2. The van der Waals surface area contributed by atoms with Crippen LogP contribution in [0.4, 0.5) is 26.0 Å². The Labute approximate surface area is 266 Å². The molecule has 0 radical (unpaired) electrons. The summed E-state index contributed by atoms with van der Waals surface area (Å²) in [5.74, 6) is -2.66. The van der Waals surface area contributed by atoms with E-state index >= 15 is 0 Å². The zero-order valence-corrected chi connectivity index (χ0v) is 25.9. The number of ether oxygens (including phenoxy) is 2. The predicted octanol–water partition coefficient (Wildman–Crippen LogP) is 5.13. The minimum Gasteiger partial charge on any atom is -0.465 e. The second kappa shape index (κ2) is 13.8. The molecule has 3 aromatic carbocycles. The standard InChI is InChI=1S/C34H38F2N6O4/c1-21(43)46-20-30(23-15-24(35)18-25(36)16-23)22-3-6-31-29(17-22)33(40-39-31)38-34(44)28-5-4-27(42-11-9-41(2)10-12-42)19-32(28)37-26-7-13-45-14-8-26/h3-6,15-19,26,30,37H,7-14,20H2,1-2H3,(H2,38,39,40,44). The van der Waals surface area contributed by atoms with E-state index in [4.69, 9.17) is 9.47 Å². The molecule has 0 aliphatic carbocycles. The first-order chi connectivity index (χ1) is 22.2. The number of benzene rings is 3. The normalized spacial score (nSPS) is 16.7. The maximum atomic E-state index is 14.2. The van der Waals surface area contributed by atoms with Crippen molar-refractivity contribution in [1.29, 1.82) is 0 Å². The van der Waals surface area contributed by atoms with Crippen molar-refractivity contribution in [3.63, 3.8) is 0 Å². The molecule has 46 heavy (non-hydrogen) atoms. The lowest BCUT2D eigenvalue weighted by molar-refractivity contribution is -0.141. The first-order valence-corrected chi connectivity index (χ1v) is 15.5. The van der Waals surface area contributed by atoms with Crippen LogP contribution in [0.1, 0.15) is 47.2 Å². The van der Waals surface area contributed by atoms with Gasteiger partial charge in [-0.05, 0) is 73.5 Å². The molecule has 4 aromatic rings. The number of piperazine rings is 1. The molecular formula is C34H38F2N6O4. The second-order valence-corrected chi connectivity index (χ2v) is 11.9. The summed E-state index contributed by atoms with van der Waals surface area (Å²) in [4.78, 5) is 30.1. The molecule has 1 aromatic heterocycles. The number of rotatable bonds is 9. The third-order valence-electron chi connectivity index (χ3n) is 8.66. The molecule has 2 aliphatic heterocycles. The number of hydrogen-bond acceptors (Lipinski definition) is 8. The molecule has 242 valence electrons. The Balaban J connectivity index is 1.30. The molecule has 0 spiro atoms. The molecule has 3 N–H and O–H groups in total. The number of hydrogen-bond donors (Lipinski definition) is 3. The molecule has 2 saturated heterocycles. The van der Waals surface area contributed by atoms with E-state index in [1.165, 1.54) is 19.1 Å². The molecule has 12 heteroatoms. The van der Waals surface area contributed by atoms with Gasteiger partial charge in [0.1, 0.15) is 18.2 Å². The van der Waals surface area contributed by atoms with Crippen molar-refractivity contribution in [2.45, 2.75) is 31.7 Å². The lowest BCUT2D eigenvalue weighted by atomic mass is 9.91. The van der Waals surface area contributed by atoms with Crippen molar-refractivity contribution in [3.05, 3.63) is 82.9 Å².